The van der Waals surface area contributed by atoms with Crippen molar-refractivity contribution in [2.24, 2.45) is 0 Å². The molecule has 0 aliphatic carbocycles. The first-order valence-electron chi connectivity index (χ1n) is 7.17. The Bertz CT molecular complexity index is 817. The Morgan fingerprint density at radius 1 is 1.30 bits per heavy atom. The lowest BCUT2D eigenvalue weighted by Crippen LogP contribution is -2.31. The highest BCUT2D eigenvalue weighted by atomic mass is 127. The first-order valence-corrected chi connectivity index (χ1v) is 8.25. The molecule has 2 N–H and O–H groups in total. The number of ether oxygens (including phenoxy) is 1. The lowest BCUT2D eigenvalue weighted by Gasteiger charge is -2.18. The molecule has 0 saturated carbocycles. The van der Waals surface area contributed by atoms with Gasteiger partial charge in [-0.2, -0.15) is 5.10 Å². The van der Waals surface area contributed by atoms with E-state index in [9.17, 15) is 4.79 Å². The van der Waals surface area contributed by atoms with Crippen molar-refractivity contribution >= 4 is 39.4 Å². The summed E-state index contributed by atoms with van der Waals surface area (Å²) in [4.78, 5) is 12.6. The van der Waals surface area contributed by atoms with Crippen LogP contribution in [0.15, 0.2) is 48.5 Å². The number of nitrogens with zero attached hydrogens (tertiary/aromatic N) is 1. The summed E-state index contributed by atoms with van der Waals surface area (Å²) in [5, 5.41) is 11.1. The third-order valence-corrected chi connectivity index (χ3v) is 4.43. The summed E-state index contributed by atoms with van der Waals surface area (Å²) in [5.41, 5.74) is 2.47. The molecule has 0 saturated heterocycles. The summed E-state index contributed by atoms with van der Waals surface area (Å²) in [6.45, 7) is 0.418. The fourth-order valence-electron chi connectivity index (χ4n) is 2.43. The van der Waals surface area contributed by atoms with Gasteiger partial charge in [0.25, 0.3) is 5.91 Å². The number of nitrogens with one attached hydrogen (secondary N) is 2. The van der Waals surface area contributed by atoms with E-state index in [1.165, 1.54) is 0 Å². The number of halogens is 1. The van der Waals surface area contributed by atoms with Gasteiger partial charge < -0.3 is 10.1 Å². The van der Waals surface area contributed by atoms with Crippen LogP contribution in [0.1, 0.15) is 22.0 Å². The van der Waals surface area contributed by atoms with E-state index in [1.807, 2.05) is 42.5 Å². The Kier molecular flexibility index (Phi) is 4.92. The number of aromatic amines is 1. The molecular formula is C17H16IN3O2. The fourth-order valence-corrected chi connectivity index (χ4v) is 2.99. The van der Waals surface area contributed by atoms with Crippen LogP contribution >= 0.6 is 22.6 Å². The van der Waals surface area contributed by atoms with Crippen molar-refractivity contribution in [3.05, 3.63) is 63.4 Å². The van der Waals surface area contributed by atoms with Crippen LogP contribution in [0.5, 0.6) is 0 Å². The molecule has 0 bridgehead atoms. The third kappa shape index (κ3) is 3.53. The average molecular weight is 421 g/mol. The number of carbonyl (C=O) groups excluding carboxylic acids is 1. The first kappa shape index (κ1) is 15.9. The van der Waals surface area contributed by atoms with Gasteiger partial charge in [-0.05, 0) is 46.4 Å². The van der Waals surface area contributed by atoms with Crippen LogP contribution in [0, 0.1) is 3.70 Å². The molecule has 1 aromatic heterocycles. The summed E-state index contributed by atoms with van der Waals surface area (Å²) in [6, 6.07) is 15.1. The molecular weight excluding hydrogens is 405 g/mol. The Labute approximate surface area is 147 Å². The molecule has 0 aliphatic rings. The van der Waals surface area contributed by atoms with Crippen LogP contribution in [0.2, 0.25) is 0 Å². The Hall–Kier alpha value is -1.93. The van der Waals surface area contributed by atoms with Crippen LogP contribution in [-0.4, -0.2) is 29.8 Å². The zero-order valence-corrected chi connectivity index (χ0v) is 14.7. The minimum Gasteiger partial charge on any atom is -0.382 e. The fraction of sp³-hybridized carbons (Fsp3) is 0.176. The summed E-state index contributed by atoms with van der Waals surface area (Å²) in [7, 11) is 1.63. The van der Waals surface area contributed by atoms with Crippen molar-refractivity contribution < 1.29 is 9.53 Å². The SMILES string of the molecule is COCC(NC(=O)c1ccc2n[nH]c(I)c2c1)c1ccccc1. The second-order valence-corrected chi connectivity index (χ2v) is 6.24. The smallest absolute Gasteiger partial charge is 0.251 e. The van der Waals surface area contributed by atoms with E-state index in [4.69, 9.17) is 4.74 Å². The molecule has 23 heavy (non-hydrogen) atoms. The van der Waals surface area contributed by atoms with E-state index in [0.29, 0.717) is 12.2 Å². The van der Waals surface area contributed by atoms with Crippen molar-refractivity contribution in [3.8, 4) is 0 Å². The van der Waals surface area contributed by atoms with E-state index >= 15 is 0 Å². The van der Waals surface area contributed by atoms with Crippen LogP contribution in [0.4, 0.5) is 0 Å². The lowest BCUT2D eigenvalue weighted by atomic mass is 10.1. The molecule has 2 aromatic carbocycles. The van der Waals surface area contributed by atoms with E-state index in [0.717, 1.165) is 20.2 Å². The maximum absolute atomic E-state index is 12.6. The van der Waals surface area contributed by atoms with Crippen LogP contribution in [0.25, 0.3) is 10.9 Å². The highest BCUT2D eigenvalue weighted by molar-refractivity contribution is 14.1. The molecule has 5 nitrogen and oxygen atoms in total. The van der Waals surface area contributed by atoms with Crippen molar-refractivity contribution in [2.75, 3.05) is 13.7 Å². The summed E-state index contributed by atoms with van der Waals surface area (Å²) < 4.78 is 6.16. The van der Waals surface area contributed by atoms with E-state index < -0.39 is 0 Å². The minimum absolute atomic E-state index is 0.130. The van der Waals surface area contributed by atoms with Crippen LogP contribution in [0.3, 0.4) is 0 Å². The number of carbonyl (C=O) groups is 1. The Balaban J connectivity index is 1.84. The number of hydrogen-bond acceptors (Lipinski definition) is 3. The van der Waals surface area contributed by atoms with Gasteiger partial charge in [0.1, 0.15) is 3.70 Å². The molecule has 0 spiro atoms. The van der Waals surface area contributed by atoms with Crippen LogP contribution < -0.4 is 5.32 Å². The highest BCUT2D eigenvalue weighted by Gasteiger charge is 2.16. The second kappa shape index (κ2) is 7.10. The largest absolute Gasteiger partial charge is 0.382 e. The molecule has 1 unspecified atom stereocenters. The molecule has 0 fully saturated rings. The number of benzene rings is 2. The number of aromatic nitrogens is 2. The van der Waals surface area contributed by atoms with Crippen molar-refractivity contribution in [1.29, 1.82) is 0 Å². The number of hydrogen-bond donors (Lipinski definition) is 2. The maximum atomic E-state index is 12.6. The van der Waals surface area contributed by atoms with Gasteiger partial charge in [-0.3, -0.25) is 9.89 Å². The van der Waals surface area contributed by atoms with Gasteiger partial charge in [-0.1, -0.05) is 30.3 Å². The number of rotatable bonds is 5. The van der Waals surface area contributed by atoms with Gasteiger partial charge in [0.15, 0.2) is 0 Å². The molecule has 3 rings (SSSR count). The molecule has 0 radical (unpaired) electrons. The first-order chi connectivity index (χ1) is 11.2. The highest BCUT2D eigenvalue weighted by Crippen LogP contribution is 2.20. The third-order valence-electron chi connectivity index (χ3n) is 3.61. The minimum atomic E-state index is -0.187. The predicted octanol–water partition coefficient (Wildman–Crippen LogP) is 3.29. The van der Waals surface area contributed by atoms with E-state index in [1.54, 1.807) is 13.2 Å². The van der Waals surface area contributed by atoms with Gasteiger partial charge in [0, 0.05) is 18.1 Å². The summed E-state index contributed by atoms with van der Waals surface area (Å²) in [6.07, 6.45) is 0. The van der Waals surface area contributed by atoms with Gasteiger partial charge in [0.05, 0.1) is 18.2 Å². The van der Waals surface area contributed by atoms with Gasteiger partial charge in [-0.25, -0.2) is 0 Å². The molecule has 118 valence electrons. The molecule has 1 atom stereocenters. The van der Waals surface area contributed by atoms with Gasteiger partial charge >= 0.3 is 0 Å². The number of H-pyrrole nitrogens is 1. The van der Waals surface area contributed by atoms with E-state index in [2.05, 4.69) is 38.1 Å². The molecule has 1 amide bonds. The zero-order valence-electron chi connectivity index (χ0n) is 12.5. The zero-order chi connectivity index (χ0) is 16.2. The predicted molar refractivity (Wildman–Crippen MR) is 97.3 cm³/mol. The number of fused-ring (bicyclic) bond motifs is 1. The summed E-state index contributed by atoms with van der Waals surface area (Å²) >= 11 is 2.17. The Morgan fingerprint density at radius 3 is 2.83 bits per heavy atom. The molecule has 3 aromatic rings. The number of methoxy groups -OCH3 is 1. The average Bonchev–Trinajstić information content (AvgIpc) is 2.96. The standard InChI is InChI=1S/C17H16IN3O2/c1-23-10-15(11-5-3-2-4-6-11)19-17(22)12-7-8-14-13(9-12)16(18)21-20-14/h2-9,15H,10H2,1H3,(H,19,22)(H,20,21). The summed E-state index contributed by atoms with van der Waals surface area (Å²) in [5.74, 6) is -0.130. The van der Waals surface area contributed by atoms with Crippen LogP contribution in [-0.2, 0) is 4.74 Å². The molecule has 0 aliphatic heterocycles. The van der Waals surface area contributed by atoms with Gasteiger partial charge in [-0.15, -0.1) is 0 Å². The van der Waals surface area contributed by atoms with Crippen molar-refractivity contribution in [1.82, 2.24) is 15.5 Å². The quantitative estimate of drug-likeness (QED) is 0.622. The topological polar surface area (TPSA) is 67.0 Å². The number of amides is 1. The van der Waals surface area contributed by atoms with Crippen molar-refractivity contribution in [2.45, 2.75) is 6.04 Å². The lowest BCUT2D eigenvalue weighted by molar-refractivity contribution is 0.0896. The van der Waals surface area contributed by atoms with Gasteiger partial charge in [0.2, 0.25) is 0 Å². The second-order valence-electron chi connectivity index (χ2n) is 5.16. The Morgan fingerprint density at radius 2 is 2.09 bits per heavy atom. The normalized spacial score (nSPS) is 12.3. The van der Waals surface area contributed by atoms with E-state index in [-0.39, 0.29) is 11.9 Å². The monoisotopic (exact) mass is 421 g/mol. The molecule has 6 heteroatoms. The maximum Gasteiger partial charge on any atom is 0.251 e. The molecule has 1 heterocycles. The van der Waals surface area contributed by atoms with Crippen molar-refractivity contribution in [3.63, 3.8) is 0 Å².